The van der Waals surface area contributed by atoms with Crippen LogP contribution >= 0.6 is 42.4 Å². The number of aryl methyl sites for hydroxylation is 6. The van der Waals surface area contributed by atoms with E-state index in [1.54, 1.807) is 0 Å². The van der Waals surface area contributed by atoms with Crippen LogP contribution in [0.2, 0.25) is 0 Å². The first-order chi connectivity index (χ1) is 24.7. The monoisotopic (exact) mass is 924 g/mol. The van der Waals surface area contributed by atoms with Crippen molar-refractivity contribution in [3.63, 3.8) is 0 Å². The van der Waals surface area contributed by atoms with Gasteiger partial charge in [0.15, 0.2) is 0 Å². The minimum atomic E-state index is -0.483. The quantitative estimate of drug-likeness (QED) is 0.123. The number of hydrogen-bond donors (Lipinski definition) is 0. The van der Waals surface area contributed by atoms with Crippen LogP contribution in [0.15, 0.2) is 146 Å². The molecule has 9 heteroatoms. The fraction of sp³-hybridized carbons (Fsp3) is 0.143. The Hall–Kier alpha value is -2.97. The van der Waals surface area contributed by atoms with Crippen molar-refractivity contribution in [2.75, 3.05) is 0 Å². The molecule has 6 aromatic carbocycles. The Morgan fingerprint density at radius 3 is 0.510 bits per heavy atom. The number of halogens is 2. The zero-order valence-electron chi connectivity index (χ0n) is 29.6. The van der Waals surface area contributed by atoms with E-state index >= 15 is 0 Å². The van der Waals surface area contributed by atoms with E-state index in [1.807, 2.05) is 0 Å². The molecule has 0 atom stereocenters. The first kappa shape index (κ1) is 44.2. The summed E-state index contributed by atoms with van der Waals surface area (Å²) >= 11 is 6.48. The molecule has 0 N–H and O–H groups in total. The number of rotatable bonds is 6. The summed E-state index contributed by atoms with van der Waals surface area (Å²) in [7, 11) is -0.966. The molecule has 4 nitrogen and oxygen atoms in total. The van der Waals surface area contributed by atoms with Crippen LogP contribution in [0.5, 0.6) is 0 Å². The third-order valence-corrected chi connectivity index (χ3v) is 12.6. The Bertz CT molecular complexity index is 1490. The maximum atomic E-state index is 7.25. The van der Waals surface area contributed by atoms with Crippen LogP contribution in [0.25, 0.3) is 11.2 Å². The predicted molar refractivity (Wildman–Crippen MR) is 230 cm³/mol. The molecule has 0 heterocycles. The van der Waals surface area contributed by atoms with Gasteiger partial charge in [0.2, 0.25) is 0 Å². The summed E-state index contributed by atoms with van der Waals surface area (Å²) in [6, 6.07) is 53.9. The second kappa shape index (κ2) is 24.3. The summed E-state index contributed by atoms with van der Waals surface area (Å²) in [5.41, 5.74) is 19.4. The van der Waals surface area contributed by atoms with Crippen molar-refractivity contribution >= 4 is 74.3 Å². The standard InChI is InChI=1S/2C21H21P.2BrH.Mo.2NO/c2*1-16-4-10-19(11-5-16)22(20-12-6-17(2)7-13-20)21-14-8-18(3)9-15-21;;;;2*1-2/h2*4-15H,1-3H3;2*1H;;;/q;;;;+2;2*-1/p-2. The Labute approximate surface area is 327 Å². The van der Waals surface area contributed by atoms with Gasteiger partial charge in [0.1, 0.15) is 0 Å². The van der Waals surface area contributed by atoms with Crippen LogP contribution in [0.3, 0.4) is 0 Å². The zero-order chi connectivity index (χ0) is 37.8. The molecule has 264 valence electrons. The summed E-state index contributed by atoms with van der Waals surface area (Å²) in [5.74, 6) is 0. The number of nitroso groups, excluding NO2 is 2. The Kier molecular flexibility index (Phi) is 21.1. The molecule has 0 saturated carbocycles. The topological polar surface area (TPSA) is 78.7 Å². The molecule has 6 aromatic rings. The van der Waals surface area contributed by atoms with Gasteiger partial charge in [-0.2, -0.15) is 0 Å². The van der Waals surface area contributed by atoms with Gasteiger partial charge in [-0.3, -0.25) is 0 Å². The van der Waals surface area contributed by atoms with E-state index in [0.29, 0.717) is 0 Å². The van der Waals surface area contributed by atoms with Gasteiger partial charge >= 0.3 is 41.0 Å². The van der Waals surface area contributed by atoms with Crippen molar-refractivity contribution in [1.29, 1.82) is 0 Å². The summed E-state index contributed by atoms with van der Waals surface area (Å²) in [4.78, 5) is 14.5. The second-order valence-corrected chi connectivity index (χ2v) is 25.4. The fourth-order valence-corrected chi connectivity index (χ4v) is 9.53. The van der Waals surface area contributed by atoms with Crippen LogP contribution in [-0.2, 0) is 14.5 Å². The predicted octanol–water partition coefficient (Wildman–Crippen LogP) is 11.1. The van der Waals surface area contributed by atoms with E-state index in [9.17, 15) is 0 Å². The van der Waals surface area contributed by atoms with Crippen molar-refractivity contribution in [1.82, 2.24) is 0 Å². The van der Waals surface area contributed by atoms with E-state index in [1.165, 1.54) is 65.2 Å². The first-order valence-corrected chi connectivity index (χ1v) is 27.8. The molecular formula is C42H42Br2MoN2O2P2-2. The van der Waals surface area contributed by atoms with Crippen molar-refractivity contribution in [3.8, 4) is 0 Å². The molecule has 0 spiro atoms. The summed E-state index contributed by atoms with van der Waals surface area (Å²) < 4.78 is 0. The molecule has 0 aliphatic rings. The Morgan fingerprint density at radius 1 is 0.314 bits per heavy atom. The van der Waals surface area contributed by atoms with Crippen molar-refractivity contribution < 1.29 is 14.5 Å². The van der Waals surface area contributed by atoms with Crippen molar-refractivity contribution in [3.05, 3.63) is 200 Å². The van der Waals surface area contributed by atoms with Crippen molar-refractivity contribution in [2.24, 2.45) is 0 Å². The summed E-state index contributed by atoms with van der Waals surface area (Å²) in [6.07, 6.45) is 0. The average Bonchev–Trinajstić information content (AvgIpc) is 3.15. The number of hydrogen-bond acceptors (Lipinski definition) is 2. The van der Waals surface area contributed by atoms with Gasteiger partial charge in [0, 0.05) is 0 Å². The Balaban J connectivity index is 0.000000301. The van der Waals surface area contributed by atoms with Gasteiger partial charge in [0.25, 0.3) is 0 Å². The van der Waals surface area contributed by atoms with E-state index < -0.39 is 15.8 Å². The van der Waals surface area contributed by atoms with E-state index in [0.717, 1.165) is 0 Å². The third kappa shape index (κ3) is 14.5. The zero-order valence-corrected chi connectivity index (χ0v) is 36.6. The van der Waals surface area contributed by atoms with Crippen LogP contribution in [-0.4, -0.2) is 0 Å². The molecule has 0 amide bonds. The van der Waals surface area contributed by atoms with Crippen LogP contribution in [0.1, 0.15) is 33.4 Å². The summed E-state index contributed by atoms with van der Waals surface area (Å²) in [5, 5.41) is 8.46. The molecule has 0 aromatic heterocycles. The third-order valence-electron chi connectivity index (χ3n) is 7.75. The molecule has 0 aliphatic carbocycles. The van der Waals surface area contributed by atoms with Crippen molar-refractivity contribution in [2.45, 2.75) is 41.5 Å². The van der Waals surface area contributed by atoms with Gasteiger partial charge in [0.05, 0.1) is 0 Å². The SMILES string of the molecule is Cc1ccc(P(c2ccc(C)cc2)c2ccc(C)cc2)cc1.Cc1ccc(P(c2ccc(C)cc2)c2ccc(C)cc2)cc1.[Br][Mo][Br].[N-]=O.[N-]=O. The fourth-order valence-electron chi connectivity index (χ4n) is 5.06. The number of nitrogens with zero attached hydrogens (tertiary/aromatic N) is 2. The molecule has 0 saturated heterocycles. The molecule has 0 radical (unpaired) electrons. The number of benzene rings is 6. The van der Waals surface area contributed by atoms with Gasteiger partial charge in [-0.05, 0) is 89.2 Å². The molecular weight excluding hydrogens is 882 g/mol. The van der Waals surface area contributed by atoms with Crippen LogP contribution < -0.4 is 31.8 Å². The van der Waals surface area contributed by atoms with Gasteiger partial charge in [-0.25, -0.2) is 0 Å². The van der Waals surface area contributed by atoms with E-state index in [-0.39, 0.29) is 14.5 Å². The maximum Gasteiger partial charge on any atom is -0.423 e. The van der Waals surface area contributed by atoms with Gasteiger partial charge in [-0.1, -0.05) is 179 Å². The van der Waals surface area contributed by atoms with E-state index in [4.69, 9.17) is 21.0 Å². The van der Waals surface area contributed by atoms with E-state index in [2.05, 4.69) is 214 Å². The molecule has 6 rings (SSSR count). The van der Waals surface area contributed by atoms with Gasteiger partial charge in [-0.15, -0.1) is 0 Å². The molecule has 0 unspecified atom stereocenters. The largest absolute Gasteiger partial charge is 0.577 e. The first-order valence-electron chi connectivity index (χ1n) is 15.9. The molecule has 51 heavy (non-hydrogen) atoms. The molecule has 0 aliphatic heterocycles. The summed E-state index contributed by atoms with van der Waals surface area (Å²) in [6.45, 7) is 12.9. The molecule has 0 bridgehead atoms. The van der Waals surface area contributed by atoms with Crippen LogP contribution in [0, 0.1) is 51.4 Å². The Morgan fingerprint density at radius 2 is 0.412 bits per heavy atom. The molecule has 0 fully saturated rings. The van der Waals surface area contributed by atoms with Crippen LogP contribution in [0.4, 0.5) is 0 Å². The minimum absolute atomic E-state index is 0.0950. The second-order valence-electron chi connectivity index (χ2n) is 11.7. The normalized spacial score (nSPS) is 9.92. The minimum Gasteiger partial charge on any atom is -0.577 e. The smallest absolute Gasteiger partial charge is 0.423 e. The average molecular weight is 925 g/mol. The van der Waals surface area contributed by atoms with Gasteiger partial charge < -0.3 is 21.0 Å². The maximum absolute atomic E-state index is 7.25.